The molecule has 4 nitrogen and oxygen atoms in total. The molecule has 1 aliphatic heterocycles. The Kier molecular flexibility index (Phi) is 4.06. The molecule has 0 spiro atoms. The molecule has 0 atom stereocenters. The Morgan fingerprint density at radius 2 is 1.61 bits per heavy atom. The summed E-state index contributed by atoms with van der Waals surface area (Å²) < 4.78 is 50.8. The van der Waals surface area contributed by atoms with Crippen molar-refractivity contribution in [1.29, 1.82) is 0 Å². The van der Waals surface area contributed by atoms with Gasteiger partial charge < -0.3 is 14.4 Å². The number of rotatable bonds is 2. The Morgan fingerprint density at radius 1 is 1.13 bits per heavy atom. The molecule has 0 unspecified atom stereocenters. The van der Waals surface area contributed by atoms with E-state index in [4.69, 9.17) is 14.4 Å². The van der Waals surface area contributed by atoms with Gasteiger partial charge in [0.05, 0.1) is 22.3 Å². The molecule has 1 aliphatic rings. The van der Waals surface area contributed by atoms with Crippen LogP contribution in [0.2, 0.25) is 0 Å². The van der Waals surface area contributed by atoms with Crippen molar-refractivity contribution in [3.05, 3.63) is 28.8 Å². The summed E-state index contributed by atoms with van der Waals surface area (Å²) >= 11 is 0. The quantitative estimate of drug-likeness (QED) is 0.847. The van der Waals surface area contributed by atoms with Crippen molar-refractivity contribution in [3.63, 3.8) is 0 Å². The van der Waals surface area contributed by atoms with Crippen molar-refractivity contribution in [2.45, 2.75) is 52.0 Å². The van der Waals surface area contributed by atoms with Gasteiger partial charge >= 0.3 is 19.3 Å². The molecule has 1 fully saturated rings. The van der Waals surface area contributed by atoms with Gasteiger partial charge in [-0.05, 0) is 51.7 Å². The molecule has 1 saturated heterocycles. The molecule has 0 aliphatic carbocycles. The second-order valence-electron chi connectivity index (χ2n) is 6.65. The van der Waals surface area contributed by atoms with Crippen LogP contribution in [-0.2, 0) is 15.5 Å². The standard InChI is InChI=1S/C15H18BF3O4/c1-8-6-9(16-22-13(2,3)14(4,5)23-16)7-10(12(20)21)11(8)15(17,18)19/h6-7H,1-5H3,(H,20,21). The average molecular weight is 330 g/mol. The highest BCUT2D eigenvalue weighted by atomic mass is 19.4. The van der Waals surface area contributed by atoms with Crippen LogP contribution in [0.15, 0.2) is 12.1 Å². The van der Waals surface area contributed by atoms with Gasteiger partial charge in [0.1, 0.15) is 0 Å². The molecule has 0 bridgehead atoms. The monoisotopic (exact) mass is 330 g/mol. The molecule has 0 aromatic heterocycles. The van der Waals surface area contributed by atoms with E-state index in [1.54, 1.807) is 0 Å². The lowest BCUT2D eigenvalue weighted by Crippen LogP contribution is -2.41. The molecule has 0 radical (unpaired) electrons. The number of halogens is 3. The van der Waals surface area contributed by atoms with Gasteiger partial charge in [0.2, 0.25) is 0 Å². The number of hydrogen-bond acceptors (Lipinski definition) is 3. The largest absolute Gasteiger partial charge is 0.494 e. The predicted octanol–water partition coefficient (Wildman–Crippen LogP) is 3.01. The van der Waals surface area contributed by atoms with Crippen molar-refractivity contribution < 1.29 is 32.4 Å². The second kappa shape index (κ2) is 5.24. The van der Waals surface area contributed by atoms with Crippen LogP contribution in [-0.4, -0.2) is 29.4 Å². The third kappa shape index (κ3) is 3.10. The van der Waals surface area contributed by atoms with Gasteiger partial charge in [0.15, 0.2) is 0 Å². The zero-order chi connectivity index (χ0) is 17.8. The van der Waals surface area contributed by atoms with E-state index in [0.717, 1.165) is 6.07 Å². The number of hydrogen-bond donors (Lipinski definition) is 1. The SMILES string of the molecule is Cc1cc(B2OC(C)(C)C(C)(C)O2)cc(C(=O)O)c1C(F)(F)F. The summed E-state index contributed by atoms with van der Waals surface area (Å²) in [4.78, 5) is 11.3. The highest BCUT2D eigenvalue weighted by molar-refractivity contribution is 6.62. The summed E-state index contributed by atoms with van der Waals surface area (Å²) in [7, 11) is -0.918. The van der Waals surface area contributed by atoms with Crippen LogP contribution in [0.5, 0.6) is 0 Å². The van der Waals surface area contributed by atoms with Crippen LogP contribution in [0.4, 0.5) is 13.2 Å². The van der Waals surface area contributed by atoms with E-state index in [2.05, 4.69) is 0 Å². The lowest BCUT2D eigenvalue weighted by Gasteiger charge is -2.32. The van der Waals surface area contributed by atoms with Gasteiger partial charge in [-0.1, -0.05) is 6.07 Å². The lowest BCUT2D eigenvalue weighted by molar-refractivity contribution is -0.138. The van der Waals surface area contributed by atoms with E-state index in [1.165, 1.54) is 13.0 Å². The van der Waals surface area contributed by atoms with Gasteiger partial charge in [-0.15, -0.1) is 0 Å². The smallest absolute Gasteiger partial charge is 0.478 e. The Hall–Kier alpha value is -1.54. The second-order valence-corrected chi connectivity index (χ2v) is 6.65. The fourth-order valence-electron chi connectivity index (χ4n) is 2.48. The van der Waals surface area contributed by atoms with Gasteiger partial charge in [0, 0.05) is 0 Å². The molecule has 1 aromatic rings. The molecular weight excluding hydrogens is 312 g/mol. The van der Waals surface area contributed by atoms with E-state index in [9.17, 15) is 18.0 Å². The number of carbonyl (C=O) groups is 1. The van der Waals surface area contributed by atoms with Crippen LogP contribution in [0.1, 0.15) is 49.2 Å². The molecule has 1 N–H and O–H groups in total. The first-order valence-electron chi connectivity index (χ1n) is 7.07. The zero-order valence-corrected chi connectivity index (χ0v) is 13.5. The fourth-order valence-corrected chi connectivity index (χ4v) is 2.48. The highest BCUT2D eigenvalue weighted by Gasteiger charge is 2.52. The Morgan fingerprint density at radius 3 is 2.00 bits per heavy atom. The first-order valence-corrected chi connectivity index (χ1v) is 7.07. The van der Waals surface area contributed by atoms with Gasteiger partial charge in [-0.3, -0.25) is 0 Å². The van der Waals surface area contributed by atoms with E-state index in [1.807, 2.05) is 27.7 Å². The van der Waals surface area contributed by atoms with Crippen LogP contribution in [0, 0.1) is 6.92 Å². The van der Waals surface area contributed by atoms with Crippen LogP contribution in [0.25, 0.3) is 0 Å². The van der Waals surface area contributed by atoms with Crippen LogP contribution < -0.4 is 5.46 Å². The summed E-state index contributed by atoms with van der Waals surface area (Å²) in [5.41, 5.74) is -3.21. The molecule has 8 heteroatoms. The maximum atomic E-state index is 13.1. The number of aromatic carboxylic acids is 1. The maximum Gasteiger partial charge on any atom is 0.494 e. The normalized spacial score (nSPS) is 19.9. The molecule has 126 valence electrons. The van der Waals surface area contributed by atoms with Crippen molar-refractivity contribution in [1.82, 2.24) is 0 Å². The molecule has 0 amide bonds. The minimum Gasteiger partial charge on any atom is -0.478 e. The molecule has 1 aromatic carbocycles. The predicted molar refractivity (Wildman–Crippen MR) is 78.9 cm³/mol. The molecule has 2 rings (SSSR count). The molecule has 0 saturated carbocycles. The first-order chi connectivity index (χ1) is 10.3. The summed E-state index contributed by atoms with van der Waals surface area (Å²) in [5, 5.41) is 9.14. The van der Waals surface area contributed by atoms with Crippen molar-refractivity contribution >= 4 is 18.6 Å². The van der Waals surface area contributed by atoms with E-state index >= 15 is 0 Å². The Balaban J connectivity index is 2.54. The van der Waals surface area contributed by atoms with Gasteiger partial charge in [-0.25, -0.2) is 4.79 Å². The summed E-state index contributed by atoms with van der Waals surface area (Å²) in [5.74, 6) is -1.64. The highest BCUT2D eigenvalue weighted by Crippen LogP contribution is 2.38. The van der Waals surface area contributed by atoms with Gasteiger partial charge in [-0.2, -0.15) is 13.2 Å². The topological polar surface area (TPSA) is 55.8 Å². The minimum atomic E-state index is -4.74. The number of alkyl halides is 3. The third-order valence-corrected chi connectivity index (χ3v) is 4.40. The van der Waals surface area contributed by atoms with E-state index in [-0.39, 0.29) is 11.0 Å². The molecular formula is C15H18BF3O4. The third-order valence-electron chi connectivity index (χ3n) is 4.40. The Bertz CT molecular complexity index is 637. The molecule has 1 heterocycles. The van der Waals surface area contributed by atoms with Gasteiger partial charge in [0.25, 0.3) is 0 Å². The lowest BCUT2D eigenvalue weighted by atomic mass is 9.76. The van der Waals surface area contributed by atoms with Crippen molar-refractivity contribution in [2.24, 2.45) is 0 Å². The number of carboxylic acid groups (broad SMARTS) is 1. The number of carboxylic acids is 1. The number of aryl methyl sites for hydroxylation is 1. The van der Waals surface area contributed by atoms with Crippen molar-refractivity contribution in [2.75, 3.05) is 0 Å². The fraction of sp³-hybridized carbons (Fsp3) is 0.533. The van der Waals surface area contributed by atoms with E-state index in [0.29, 0.717) is 0 Å². The van der Waals surface area contributed by atoms with E-state index < -0.39 is 41.6 Å². The number of benzene rings is 1. The first kappa shape index (κ1) is 17.8. The average Bonchev–Trinajstić information content (AvgIpc) is 2.55. The minimum absolute atomic E-state index is 0.179. The maximum absolute atomic E-state index is 13.1. The zero-order valence-electron chi connectivity index (χ0n) is 13.5. The summed E-state index contributed by atoms with van der Waals surface area (Å²) in [6, 6.07) is 2.23. The summed E-state index contributed by atoms with van der Waals surface area (Å²) in [6.07, 6.45) is -4.74. The van der Waals surface area contributed by atoms with Crippen LogP contribution in [0.3, 0.4) is 0 Å². The summed E-state index contributed by atoms with van der Waals surface area (Å²) in [6.45, 7) is 8.46. The Labute approximate surface area is 132 Å². The van der Waals surface area contributed by atoms with Crippen LogP contribution >= 0.6 is 0 Å². The van der Waals surface area contributed by atoms with Crippen molar-refractivity contribution in [3.8, 4) is 0 Å². The molecule has 23 heavy (non-hydrogen) atoms.